The quantitative estimate of drug-likeness (QED) is 0.453. The van der Waals surface area contributed by atoms with Gasteiger partial charge in [0.2, 0.25) is 5.91 Å². The van der Waals surface area contributed by atoms with Crippen molar-refractivity contribution >= 4 is 16.9 Å². The van der Waals surface area contributed by atoms with E-state index in [0.717, 1.165) is 11.3 Å². The van der Waals surface area contributed by atoms with Gasteiger partial charge in [-0.3, -0.25) is 14.2 Å². The van der Waals surface area contributed by atoms with E-state index in [1.807, 2.05) is 55.5 Å². The molecule has 1 aliphatic rings. The first-order valence-corrected chi connectivity index (χ1v) is 10.8. The normalized spacial score (nSPS) is 12.6. The SMILES string of the molecule is CCN(Cc1ccc2c(c1)OCCO2)C(=O)Cn1cnc2c(cnn2-c2ccccc2)c1=O. The summed E-state index contributed by atoms with van der Waals surface area (Å²) in [5.41, 5.74) is 1.90. The third kappa shape index (κ3) is 4.05. The van der Waals surface area contributed by atoms with Gasteiger partial charge in [0, 0.05) is 13.1 Å². The van der Waals surface area contributed by atoms with Crippen LogP contribution < -0.4 is 15.0 Å². The summed E-state index contributed by atoms with van der Waals surface area (Å²) >= 11 is 0. The molecule has 0 unspecified atom stereocenters. The van der Waals surface area contributed by atoms with Gasteiger partial charge in [0.15, 0.2) is 17.1 Å². The van der Waals surface area contributed by atoms with E-state index < -0.39 is 0 Å². The lowest BCUT2D eigenvalue weighted by Gasteiger charge is -2.23. The van der Waals surface area contributed by atoms with Crippen molar-refractivity contribution in [2.45, 2.75) is 20.0 Å². The van der Waals surface area contributed by atoms with Gasteiger partial charge in [0.25, 0.3) is 5.56 Å². The van der Waals surface area contributed by atoms with Crippen LogP contribution >= 0.6 is 0 Å². The number of carbonyl (C=O) groups is 1. The van der Waals surface area contributed by atoms with E-state index >= 15 is 0 Å². The lowest BCUT2D eigenvalue weighted by Crippen LogP contribution is -2.36. The minimum absolute atomic E-state index is 0.101. The topological polar surface area (TPSA) is 91.5 Å². The predicted octanol–water partition coefficient (Wildman–Crippen LogP) is 2.40. The molecule has 1 amide bonds. The van der Waals surface area contributed by atoms with Crippen LogP contribution in [0.2, 0.25) is 0 Å². The molecule has 4 aromatic rings. The molecule has 33 heavy (non-hydrogen) atoms. The van der Waals surface area contributed by atoms with Crippen molar-refractivity contribution in [2.24, 2.45) is 0 Å². The van der Waals surface area contributed by atoms with Crippen LogP contribution in [0.1, 0.15) is 12.5 Å². The van der Waals surface area contributed by atoms with E-state index in [-0.39, 0.29) is 18.0 Å². The van der Waals surface area contributed by atoms with Crippen LogP contribution in [0.3, 0.4) is 0 Å². The number of aromatic nitrogens is 4. The number of para-hydroxylation sites is 1. The fourth-order valence-corrected chi connectivity index (χ4v) is 3.85. The van der Waals surface area contributed by atoms with Gasteiger partial charge in [0.05, 0.1) is 11.9 Å². The summed E-state index contributed by atoms with van der Waals surface area (Å²) in [6, 6.07) is 15.1. The van der Waals surface area contributed by atoms with E-state index in [1.54, 1.807) is 9.58 Å². The Morgan fingerprint density at radius 2 is 1.88 bits per heavy atom. The van der Waals surface area contributed by atoms with Gasteiger partial charge in [-0.1, -0.05) is 24.3 Å². The second-order valence-corrected chi connectivity index (χ2v) is 7.69. The number of carbonyl (C=O) groups excluding carboxylic acids is 1. The lowest BCUT2D eigenvalue weighted by molar-refractivity contribution is -0.132. The van der Waals surface area contributed by atoms with Crippen LogP contribution in [-0.2, 0) is 17.9 Å². The molecule has 0 fully saturated rings. The Labute approximate surface area is 189 Å². The van der Waals surface area contributed by atoms with Crippen molar-refractivity contribution < 1.29 is 14.3 Å². The van der Waals surface area contributed by atoms with Crippen LogP contribution in [0, 0.1) is 0 Å². The molecule has 9 heteroatoms. The molecule has 0 N–H and O–H groups in total. The van der Waals surface area contributed by atoms with Crippen LogP contribution in [-0.4, -0.2) is 49.9 Å². The molecule has 2 aromatic carbocycles. The maximum absolute atomic E-state index is 13.0. The number of hydrogen-bond donors (Lipinski definition) is 0. The molecule has 0 atom stereocenters. The summed E-state index contributed by atoms with van der Waals surface area (Å²) < 4.78 is 14.1. The minimum atomic E-state index is -0.300. The number of rotatable bonds is 6. The molecule has 168 valence electrons. The van der Waals surface area contributed by atoms with Gasteiger partial charge in [-0.25, -0.2) is 9.67 Å². The van der Waals surface area contributed by atoms with Crippen LogP contribution in [0.15, 0.2) is 65.8 Å². The fraction of sp³-hybridized carbons (Fsp3) is 0.250. The Kier molecular flexibility index (Phi) is 5.52. The Morgan fingerprint density at radius 1 is 1.09 bits per heavy atom. The zero-order chi connectivity index (χ0) is 22.8. The zero-order valence-corrected chi connectivity index (χ0v) is 18.2. The van der Waals surface area contributed by atoms with E-state index in [0.29, 0.717) is 48.8 Å². The molecule has 0 saturated heterocycles. The van der Waals surface area contributed by atoms with Crippen molar-refractivity contribution in [2.75, 3.05) is 19.8 Å². The molecule has 0 aliphatic carbocycles. The Bertz CT molecular complexity index is 1360. The molecule has 0 saturated carbocycles. The van der Waals surface area contributed by atoms with Crippen LogP contribution in [0.4, 0.5) is 0 Å². The van der Waals surface area contributed by atoms with Gasteiger partial charge in [0.1, 0.15) is 31.5 Å². The average Bonchev–Trinajstić information content (AvgIpc) is 3.29. The second-order valence-electron chi connectivity index (χ2n) is 7.69. The molecule has 0 bridgehead atoms. The average molecular weight is 445 g/mol. The van der Waals surface area contributed by atoms with Gasteiger partial charge in [-0.05, 0) is 36.8 Å². The molecule has 0 radical (unpaired) electrons. The summed E-state index contributed by atoms with van der Waals surface area (Å²) in [5, 5.41) is 4.68. The third-order valence-electron chi connectivity index (χ3n) is 5.58. The number of fused-ring (bicyclic) bond motifs is 2. The van der Waals surface area contributed by atoms with Crippen molar-refractivity contribution in [3.05, 3.63) is 77.0 Å². The van der Waals surface area contributed by atoms with Crippen LogP contribution in [0.5, 0.6) is 11.5 Å². The molecular weight excluding hydrogens is 422 g/mol. The van der Waals surface area contributed by atoms with Gasteiger partial charge < -0.3 is 14.4 Å². The van der Waals surface area contributed by atoms with E-state index in [9.17, 15) is 9.59 Å². The largest absolute Gasteiger partial charge is 0.486 e. The number of nitrogens with zero attached hydrogens (tertiary/aromatic N) is 5. The maximum atomic E-state index is 13.0. The summed E-state index contributed by atoms with van der Waals surface area (Å²) in [6.07, 6.45) is 2.90. The Morgan fingerprint density at radius 3 is 2.67 bits per heavy atom. The highest BCUT2D eigenvalue weighted by Gasteiger charge is 2.18. The summed E-state index contributed by atoms with van der Waals surface area (Å²) in [6.45, 7) is 3.75. The molecule has 0 spiro atoms. The fourth-order valence-electron chi connectivity index (χ4n) is 3.85. The van der Waals surface area contributed by atoms with Crippen molar-refractivity contribution in [1.29, 1.82) is 0 Å². The summed E-state index contributed by atoms with van der Waals surface area (Å²) in [4.78, 5) is 32.1. The smallest absolute Gasteiger partial charge is 0.264 e. The Balaban J connectivity index is 1.35. The molecule has 2 aromatic heterocycles. The predicted molar refractivity (Wildman–Crippen MR) is 122 cm³/mol. The maximum Gasteiger partial charge on any atom is 0.264 e. The molecule has 1 aliphatic heterocycles. The van der Waals surface area contributed by atoms with Gasteiger partial charge in [-0.2, -0.15) is 5.10 Å². The van der Waals surface area contributed by atoms with Crippen LogP contribution in [0.25, 0.3) is 16.7 Å². The first kappa shape index (κ1) is 20.7. The molecule has 5 rings (SSSR count). The zero-order valence-electron chi connectivity index (χ0n) is 18.2. The third-order valence-corrected chi connectivity index (χ3v) is 5.58. The molecule has 3 heterocycles. The highest BCUT2D eigenvalue weighted by Crippen LogP contribution is 2.31. The lowest BCUT2D eigenvalue weighted by atomic mass is 10.1. The number of likely N-dealkylation sites (N-methyl/N-ethyl adjacent to an activating group) is 1. The molecule has 9 nitrogen and oxygen atoms in total. The van der Waals surface area contributed by atoms with Crippen molar-refractivity contribution in [3.8, 4) is 17.2 Å². The summed E-state index contributed by atoms with van der Waals surface area (Å²) in [7, 11) is 0. The number of amides is 1. The number of hydrogen-bond acceptors (Lipinski definition) is 6. The standard InChI is InChI=1S/C24H23N5O4/c1-2-27(14-17-8-9-20-21(12-17)33-11-10-32-20)22(30)15-28-16-25-23-19(24(28)31)13-26-29(23)18-6-4-3-5-7-18/h3-9,12-13,16H,2,10-11,14-15H2,1H3. The van der Waals surface area contributed by atoms with Crippen molar-refractivity contribution in [1.82, 2.24) is 24.2 Å². The number of ether oxygens (including phenoxy) is 2. The molecular formula is C24H23N5O4. The highest BCUT2D eigenvalue weighted by molar-refractivity contribution is 5.78. The summed E-state index contributed by atoms with van der Waals surface area (Å²) in [5.74, 6) is 1.22. The van der Waals surface area contributed by atoms with Gasteiger partial charge >= 0.3 is 0 Å². The highest BCUT2D eigenvalue weighted by atomic mass is 16.6. The number of benzene rings is 2. The first-order valence-electron chi connectivity index (χ1n) is 10.8. The Hall–Kier alpha value is -4.14. The van der Waals surface area contributed by atoms with E-state index in [2.05, 4.69) is 10.1 Å². The second kappa shape index (κ2) is 8.78. The van der Waals surface area contributed by atoms with E-state index in [4.69, 9.17) is 9.47 Å². The van der Waals surface area contributed by atoms with Gasteiger partial charge in [-0.15, -0.1) is 0 Å². The minimum Gasteiger partial charge on any atom is -0.486 e. The monoisotopic (exact) mass is 445 g/mol. The van der Waals surface area contributed by atoms with Crippen molar-refractivity contribution in [3.63, 3.8) is 0 Å². The van der Waals surface area contributed by atoms with E-state index in [1.165, 1.54) is 17.1 Å². The first-order chi connectivity index (χ1) is 16.1.